The summed E-state index contributed by atoms with van der Waals surface area (Å²) in [5.41, 5.74) is -0.0433. The van der Waals surface area contributed by atoms with Crippen molar-refractivity contribution in [2.24, 2.45) is 0 Å². The molecule has 2 aliphatic rings. The largest absolute Gasteiger partial charge is 0.365 e. The quantitative estimate of drug-likeness (QED) is 0.713. The summed E-state index contributed by atoms with van der Waals surface area (Å²) in [6.45, 7) is 0.631. The van der Waals surface area contributed by atoms with E-state index in [0.29, 0.717) is 24.2 Å². The Bertz CT molecular complexity index is 446. The van der Waals surface area contributed by atoms with Crippen LogP contribution < -0.4 is 0 Å². The Morgan fingerprint density at radius 1 is 1.38 bits per heavy atom. The molecule has 0 aromatic carbocycles. The zero-order chi connectivity index (χ0) is 11.2. The summed E-state index contributed by atoms with van der Waals surface area (Å²) >= 11 is 0. The first-order valence-corrected chi connectivity index (χ1v) is 5.73. The third kappa shape index (κ3) is 1.13. The predicted molar refractivity (Wildman–Crippen MR) is 57.6 cm³/mol. The summed E-state index contributed by atoms with van der Waals surface area (Å²) in [7, 11) is 0. The molecule has 0 radical (unpaired) electrons. The molecule has 0 saturated carbocycles. The molecule has 1 aromatic heterocycles. The van der Waals surface area contributed by atoms with Crippen LogP contribution in [0.2, 0.25) is 0 Å². The van der Waals surface area contributed by atoms with Gasteiger partial charge in [-0.3, -0.25) is 9.78 Å². The van der Waals surface area contributed by atoms with Gasteiger partial charge in [-0.05, 0) is 25.0 Å². The van der Waals surface area contributed by atoms with Crippen LogP contribution in [0.15, 0.2) is 18.3 Å². The number of rotatable bonds is 0. The zero-order valence-electron chi connectivity index (χ0n) is 9.02. The van der Waals surface area contributed by atoms with Crippen molar-refractivity contribution in [2.75, 3.05) is 6.54 Å². The number of nitrogens with zero attached hydrogens (tertiary/aromatic N) is 2. The molecular formula is C12H14N2O2. The van der Waals surface area contributed by atoms with Crippen molar-refractivity contribution in [2.45, 2.75) is 31.4 Å². The van der Waals surface area contributed by atoms with Gasteiger partial charge in [-0.1, -0.05) is 6.42 Å². The lowest BCUT2D eigenvalue weighted by Gasteiger charge is -2.31. The summed E-state index contributed by atoms with van der Waals surface area (Å²) < 4.78 is 0. The van der Waals surface area contributed by atoms with Crippen LogP contribution in [0.3, 0.4) is 0 Å². The van der Waals surface area contributed by atoms with Crippen molar-refractivity contribution in [1.82, 2.24) is 9.88 Å². The minimum atomic E-state index is -1.15. The molecule has 4 nitrogen and oxygen atoms in total. The van der Waals surface area contributed by atoms with Gasteiger partial charge in [0, 0.05) is 19.2 Å². The van der Waals surface area contributed by atoms with E-state index in [9.17, 15) is 9.90 Å². The van der Waals surface area contributed by atoms with Gasteiger partial charge >= 0.3 is 0 Å². The molecule has 2 aliphatic heterocycles. The van der Waals surface area contributed by atoms with Gasteiger partial charge < -0.3 is 10.0 Å². The molecule has 0 bridgehead atoms. The molecule has 3 heterocycles. The minimum absolute atomic E-state index is 0.0764. The maximum Gasteiger partial charge on any atom is 0.258 e. The lowest BCUT2D eigenvalue weighted by molar-refractivity contribution is -0.0877. The molecule has 1 unspecified atom stereocenters. The summed E-state index contributed by atoms with van der Waals surface area (Å²) in [4.78, 5) is 17.9. The molecular weight excluding hydrogens is 204 g/mol. The Morgan fingerprint density at radius 3 is 3.12 bits per heavy atom. The van der Waals surface area contributed by atoms with E-state index in [4.69, 9.17) is 0 Å². The number of fused-ring (bicyclic) bond motifs is 3. The number of hydrogen-bond donors (Lipinski definition) is 1. The van der Waals surface area contributed by atoms with Crippen LogP contribution in [0, 0.1) is 0 Å². The highest BCUT2D eigenvalue weighted by molar-refractivity contribution is 5.99. The Labute approximate surface area is 93.9 Å². The van der Waals surface area contributed by atoms with Gasteiger partial charge in [0.2, 0.25) is 0 Å². The monoisotopic (exact) mass is 218 g/mol. The summed E-state index contributed by atoms with van der Waals surface area (Å²) in [5.74, 6) is -0.0764. The molecule has 1 amide bonds. The lowest BCUT2D eigenvalue weighted by atomic mass is 10.0. The van der Waals surface area contributed by atoms with Gasteiger partial charge in [0.15, 0.2) is 5.72 Å². The summed E-state index contributed by atoms with van der Waals surface area (Å²) in [6.07, 6.45) is 5.20. The maximum absolute atomic E-state index is 12.1. The number of carbonyl (C=O) groups excluding carboxylic acids is 1. The number of aromatic nitrogens is 1. The second-order valence-corrected chi connectivity index (χ2v) is 4.48. The normalized spacial score (nSPS) is 28.6. The number of pyridine rings is 1. The molecule has 1 aromatic rings. The topological polar surface area (TPSA) is 53.4 Å². The first-order chi connectivity index (χ1) is 7.73. The highest BCUT2D eigenvalue weighted by atomic mass is 16.3. The lowest BCUT2D eigenvalue weighted by Crippen LogP contribution is -2.43. The third-order valence-electron chi connectivity index (χ3n) is 3.52. The average Bonchev–Trinajstić information content (AvgIpc) is 2.46. The van der Waals surface area contributed by atoms with Gasteiger partial charge in [0.1, 0.15) is 5.69 Å². The maximum atomic E-state index is 12.1. The Hall–Kier alpha value is -1.42. The molecule has 16 heavy (non-hydrogen) atoms. The van der Waals surface area contributed by atoms with Crippen LogP contribution >= 0.6 is 0 Å². The fourth-order valence-electron chi connectivity index (χ4n) is 2.70. The van der Waals surface area contributed by atoms with E-state index in [0.717, 1.165) is 19.3 Å². The third-order valence-corrected chi connectivity index (χ3v) is 3.52. The van der Waals surface area contributed by atoms with Crippen molar-refractivity contribution in [3.8, 4) is 0 Å². The number of hydrogen-bond acceptors (Lipinski definition) is 3. The summed E-state index contributed by atoms with van der Waals surface area (Å²) in [6, 6.07) is 3.49. The van der Waals surface area contributed by atoms with Gasteiger partial charge in [-0.2, -0.15) is 0 Å². The fraction of sp³-hybridized carbons (Fsp3) is 0.500. The van der Waals surface area contributed by atoms with E-state index < -0.39 is 5.72 Å². The Kier molecular flexibility index (Phi) is 2.01. The van der Waals surface area contributed by atoms with Crippen molar-refractivity contribution in [3.63, 3.8) is 0 Å². The van der Waals surface area contributed by atoms with E-state index in [2.05, 4.69) is 4.98 Å². The van der Waals surface area contributed by atoms with Crippen LogP contribution in [-0.2, 0) is 5.72 Å². The van der Waals surface area contributed by atoms with Crippen molar-refractivity contribution < 1.29 is 9.90 Å². The van der Waals surface area contributed by atoms with Gasteiger partial charge in [-0.15, -0.1) is 0 Å². The smallest absolute Gasteiger partial charge is 0.258 e. The number of amides is 1. The zero-order valence-corrected chi connectivity index (χ0v) is 9.02. The molecule has 1 fully saturated rings. The summed E-state index contributed by atoms with van der Waals surface area (Å²) in [5, 5.41) is 10.7. The first-order valence-electron chi connectivity index (χ1n) is 5.73. The number of aliphatic hydroxyl groups is 1. The Balaban J connectivity index is 2.16. The van der Waals surface area contributed by atoms with Gasteiger partial charge in [-0.25, -0.2) is 0 Å². The van der Waals surface area contributed by atoms with Gasteiger partial charge in [0.25, 0.3) is 5.91 Å². The molecule has 84 valence electrons. The number of carbonyl (C=O) groups is 1. The Morgan fingerprint density at radius 2 is 2.25 bits per heavy atom. The van der Waals surface area contributed by atoms with Crippen LogP contribution in [0.25, 0.3) is 0 Å². The van der Waals surface area contributed by atoms with Crippen molar-refractivity contribution in [1.29, 1.82) is 0 Å². The molecule has 4 heteroatoms. The van der Waals surface area contributed by atoms with E-state index in [1.807, 2.05) is 0 Å². The van der Waals surface area contributed by atoms with E-state index in [-0.39, 0.29) is 5.91 Å². The van der Waals surface area contributed by atoms with Crippen LogP contribution in [0.4, 0.5) is 0 Å². The molecule has 0 aliphatic carbocycles. The van der Waals surface area contributed by atoms with Crippen LogP contribution in [-0.4, -0.2) is 27.4 Å². The molecule has 0 spiro atoms. The average molecular weight is 218 g/mol. The predicted octanol–water partition coefficient (Wildman–Crippen LogP) is 1.26. The second-order valence-electron chi connectivity index (χ2n) is 4.48. The first kappa shape index (κ1) is 9.78. The molecule has 1 saturated heterocycles. The molecule has 1 N–H and O–H groups in total. The fourth-order valence-corrected chi connectivity index (χ4v) is 2.70. The highest BCUT2D eigenvalue weighted by Gasteiger charge is 2.49. The van der Waals surface area contributed by atoms with Crippen molar-refractivity contribution >= 4 is 5.91 Å². The molecule has 3 rings (SSSR count). The van der Waals surface area contributed by atoms with E-state index in [1.165, 1.54) is 0 Å². The van der Waals surface area contributed by atoms with E-state index >= 15 is 0 Å². The highest BCUT2D eigenvalue weighted by Crippen LogP contribution is 2.41. The minimum Gasteiger partial charge on any atom is -0.365 e. The van der Waals surface area contributed by atoms with E-state index in [1.54, 1.807) is 23.2 Å². The SMILES string of the molecule is O=C1c2cccnc2C2(O)CCCCCN12. The van der Waals surface area contributed by atoms with Crippen LogP contribution in [0.5, 0.6) is 0 Å². The van der Waals surface area contributed by atoms with Crippen LogP contribution in [0.1, 0.15) is 41.7 Å². The standard InChI is InChI=1S/C12H14N2O2/c15-11-9-5-4-7-13-10(9)12(16)6-2-1-3-8-14(11)12/h4-5,7,16H,1-3,6,8H2. The van der Waals surface area contributed by atoms with Gasteiger partial charge in [0.05, 0.1) is 5.56 Å². The molecule has 1 atom stereocenters. The van der Waals surface area contributed by atoms with Crippen molar-refractivity contribution in [3.05, 3.63) is 29.6 Å². The second kappa shape index (κ2) is 3.28.